The van der Waals surface area contributed by atoms with Crippen LogP contribution in [0.1, 0.15) is 25.8 Å². The number of nitrogen functional groups attached to an aromatic ring is 1. The van der Waals surface area contributed by atoms with Gasteiger partial charge in [-0.2, -0.15) is 0 Å². The summed E-state index contributed by atoms with van der Waals surface area (Å²) in [6, 6.07) is 6.34. The second-order valence-electron chi connectivity index (χ2n) is 5.38. The Morgan fingerprint density at radius 1 is 1.45 bits per heavy atom. The zero-order chi connectivity index (χ0) is 14.1. The smallest absolute Gasteiger partial charge is 0.201 e. The third kappa shape index (κ3) is 2.22. The van der Waals surface area contributed by atoms with E-state index in [4.69, 9.17) is 10.5 Å². The van der Waals surface area contributed by atoms with E-state index in [0.29, 0.717) is 12.0 Å². The van der Waals surface area contributed by atoms with Crippen LogP contribution in [-0.4, -0.2) is 41.2 Å². The predicted molar refractivity (Wildman–Crippen MR) is 81.1 cm³/mol. The van der Waals surface area contributed by atoms with Gasteiger partial charge < -0.3 is 19.9 Å². The van der Waals surface area contributed by atoms with Crippen LogP contribution in [0.5, 0.6) is 5.75 Å². The molecule has 0 spiro atoms. The Morgan fingerprint density at radius 3 is 3.05 bits per heavy atom. The van der Waals surface area contributed by atoms with Gasteiger partial charge in [-0.05, 0) is 38.1 Å². The van der Waals surface area contributed by atoms with Crippen LogP contribution in [-0.2, 0) is 0 Å². The van der Waals surface area contributed by atoms with E-state index in [1.807, 2.05) is 18.2 Å². The number of ether oxygens (including phenoxy) is 1. The van der Waals surface area contributed by atoms with E-state index in [9.17, 15) is 0 Å². The normalized spacial score (nSPS) is 20.4. The quantitative estimate of drug-likeness (QED) is 0.933. The molecule has 2 heterocycles. The first-order chi connectivity index (χ1) is 9.72. The number of nitrogens with zero attached hydrogens (tertiary/aromatic N) is 3. The van der Waals surface area contributed by atoms with Gasteiger partial charge in [0.2, 0.25) is 5.95 Å². The molecule has 0 bridgehead atoms. The fourth-order valence-electron chi connectivity index (χ4n) is 3.13. The van der Waals surface area contributed by atoms with E-state index in [1.165, 1.54) is 13.0 Å². The summed E-state index contributed by atoms with van der Waals surface area (Å²) in [5.74, 6) is 1.46. The maximum absolute atomic E-state index is 6.16. The van der Waals surface area contributed by atoms with Gasteiger partial charge in [0.25, 0.3) is 0 Å². The number of anilines is 1. The first-order valence-electron chi connectivity index (χ1n) is 7.26. The first-order valence-corrected chi connectivity index (χ1v) is 7.26. The second kappa shape index (κ2) is 5.32. The number of rotatable bonds is 3. The summed E-state index contributed by atoms with van der Waals surface area (Å²) in [7, 11) is 1.69. The number of hydrogen-bond acceptors (Lipinski definition) is 4. The number of methoxy groups -OCH3 is 1. The summed E-state index contributed by atoms with van der Waals surface area (Å²) in [6.07, 6.45) is 2.37. The lowest BCUT2D eigenvalue weighted by atomic mass is 10.1. The summed E-state index contributed by atoms with van der Waals surface area (Å²) in [4.78, 5) is 6.95. The van der Waals surface area contributed by atoms with Crippen LogP contribution < -0.4 is 10.5 Å². The van der Waals surface area contributed by atoms with Gasteiger partial charge in [0, 0.05) is 18.7 Å². The second-order valence-corrected chi connectivity index (χ2v) is 5.38. The Bertz CT molecular complexity index is 607. The fourth-order valence-corrected chi connectivity index (χ4v) is 3.13. The highest BCUT2D eigenvalue weighted by Gasteiger charge is 2.23. The maximum atomic E-state index is 6.16. The van der Waals surface area contributed by atoms with E-state index in [0.717, 1.165) is 36.3 Å². The van der Waals surface area contributed by atoms with Crippen molar-refractivity contribution in [3.63, 3.8) is 0 Å². The summed E-state index contributed by atoms with van der Waals surface area (Å²) in [5.41, 5.74) is 8.17. The molecule has 0 saturated carbocycles. The first kappa shape index (κ1) is 13.2. The van der Waals surface area contributed by atoms with Crippen molar-refractivity contribution in [2.45, 2.75) is 25.8 Å². The van der Waals surface area contributed by atoms with Gasteiger partial charge in [-0.25, -0.2) is 4.98 Å². The van der Waals surface area contributed by atoms with Crippen molar-refractivity contribution in [1.82, 2.24) is 14.5 Å². The molecule has 2 aromatic rings. The van der Waals surface area contributed by atoms with Gasteiger partial charge in [0.15, 0.2) is 0 Å². The zero-order valence-electron chi connectivity index (χ0n) is 12.2. The molecule has 1 atom stereocenters. The molecule has 1 unspecified atom stereocenters. The third-order valence-electron chi connectivity index (χ3n) is 4.22. The van der Waals surface area contributed by atoms with E-state index in [1.54, 1.807) is 7.11 Å². The number of likely N-dealkylation sites (tertiary alicyclic amines) is 1. The van der Waals surface area contributed by atoms with Crippen molar-refractivity contribution < 1.29 is 4.74 Å². The summed E-state index contributed by atoms with van der Waals surface area (Å²) < 4.78 is 7.50. The molecule has 5 nitrogen and oxygen atoms in total. The summed E-state index contributed by atoms with van der Waals surface area (Å²) >= 11 is 0. The Hall–Kier alpha value is -1.75. The highest BCUT2D eigenvalue weighted by Crippen LogP contribution is 2.30. The lowest BCUT2D eigenvalue weighted by molar-refractivity contribution is 0.188. The van der Waals surface area contributed by atoms with E-state index in [-0.39, 0.29) is 0 Å². The third-order valence-corrected chi connectivity index (χ3v) is 4.22. The average Bonchev–Trinajstić information content (AvgIpc) is 2.82. The Morgan fingerprint density at radius 2 is 2.30 bits per heavy atom. The van der Waals surface area contributed by atoms with Crippen LogP contribution in [0.15, 0.2) is 18.2 Å². The minimum Gasteiger partial charge on any atom is -0.497 e. The molecule has 0 aliphatic carbocycles. The van der Waals surface area contributed by atoms with Gasteiger partial charge in [-0.15, -0.1) is 0 Å². The average molecular weight is 274 g/mol. The highest BCUT2D eigenvalue weighted by molar-refractivity contribution is 5.80. The summed E-state index contributed by atoms with van der Waals surface area (Å²) in [6.45, 7) is 5.53. The Balaban J connectivity index is 2.03. The van der Waals surface area contributed by atoms with Crippen molar-refractivity contribution >= 4 is 17.0 Å². The highest BCUT2D eigenvalue weighted by atomic mass is 16.5. The number of hydrogen-bond donors (Lipinski definition) is 1. The lowest BCUT2D eigenvalue weighted by Gasteiger charge is -2.33. The van der Waals surface area contributed by atoms with Crippen LogP contribution in [0.3, 0.4) is 0 Å². The number of aromatic nitrogens is 2. The van der Waals surface area contributed by atoms with E-state index in [2.05, 4.69) is 21.4 Å². The van der Waals surface area contributed by atoms with Crippen LogP contribution >= 0.6 is 0 Å². The maximum Gasteiger partial charge on any atom is 0.201 e. The number of likely N-dealkylation sites (N-methyl/N-ethyl adjacent to an activating group) is 1. The molecule has 20 heavy (non-hydrogen) atoms. The van der Waals surface area contributed by atoms with Crippen molar-refractivity contribution in [3.05, 3.63) is 18.2 Å². The van der Waals surface area contributed by atoms with Gasteiger partial charge in [0.05, 0.1) is 18.1 Å². The molecule has 5 heteroatoms. The molecule has 1 aliphatic rings. The van der Waals surface area contributed by atoms with Gasteiger partial charge >= 0.3 is 0 Å². The predicted octanol–water partition coefficient (Wildman–Crippen LogP) is 2.28. The van der Waals surface area contributed by atoms with Crippen molar-refractivity contribution in [2.75, 3.05) is 32.5 Å². The number of imidazole rings is 1. The summed E-state index contributed by atoms with van der Waals surface area (Å²) in [5, 5.41) is 0. The van der Waals surface area contributed by atoms with Crippen LogP contribution in [0.4, 0.5) is 5.95 Å². The molecule has 108 valence electrons. The topological polar surface area (TPSA) is 56.3 Å². The number of nitrogens with two attached hydrogens (primary N) is 1. The molecule has 1 fully saturated rings. The van der Waals surface area contributed by atoms with Crippen molar-refractivity contribution in [2.24, 2.45) is 0 Å². The Labute approximate surface area is 119 Å². The molecule has 1 aliphatic heterocycles. The number of piperidine rings is 1. The zero-order valence-corrected chi connectivity index (χ0v) is 12.2. The molecule has 0 radical (unpaired) electrons. The van der Waals surface area contributed by atoms with Crippen LogP contribution in [0, 0.1) is 0 Å². The van der Waals surface area contributed by atoms with Crippen molar-refractivity contribution in [1.29, 1.82) is 0 Å². The molecule has 3 rings (SSSR count). The minimum atomic E-state index is 0.404. The number of fused-ring (bicyclic) bond motifs is 1. The van der Waals surface area contributed by atoms with E-state index < -0.39 is 0 Å². The monoisotopic (exact) mass is 274 g/mol. The SMILES string of the molecule is CCN1CCCC(n2c(N)nc3ccc(OC)cc32)C1. The van der Waals surface area contributed by atoms with Crippen molar-refractivity contribution in [3.8, 4) is 5.75 Å². The lowest BCUT2D eigenvalue weighted by Crippen LogP contribution is -2.36. The molecular weight excluding hydrogens is 252 g/mol. The van der Waals surface area contributed by atoms with E-state index >= 15 is 0 Å². The largest absolute Gasteiger partial charge is 0.497 e. The Kier molecular flexibility index (Phi) is 3.53. The molecule has 0 amide bonds. The van der Waals surface area contributed by atoms with Gasteiger partial charge in [0.1, 0.15) is 5.75 Å². The number of benzene rings is 1. The molecule has 2 N–H and O–H groups in total. The van der Waals surface area contributed by atoms with Gasteiger partial charge in [-0.1, -0.05) is 6.92 Å². The van der Waals surface area contributed by atoms with Crippen LogP contribution in [0.25, 0.3) is 11.0 Å². The standard InChI is InChI=1S/C15H22N4O/c1-3-18-8-4-5-11(10-18)19-14-9-12(20-2)6-7-13(14)17-15(19)16/h6-7,9,11H,3-5,8,10H2,1-2H3,(H2,16,17). The van der Waals surface area contributed by atoms with Crippen LogP contribution in [0.2, 0.25) is 0 Å². The molecule has 1 saturated heterocycles. The molecular formula is C15H22N4O. The minimum absolute atomic E-state index is 0.404. The molecule has 1 aromatic carbocycles. The fraction of sp³-hybridized carbons (Fsp3) is 0.533. The molecule has 1 aromatic heterocycles. The van der Waals surface area contributed by atoms with Gasteiger partial charge in [-0.3, -0.25) is 0 Å².